The predicted octanol–water partition coefficient (Wildman–Crippen LogP) is 3.83. The van der Waals surface area contributed by atoms with Crippen LogP contribution in [0.1, 0.15) is 16.9 Å². The van der Waals surface area contributed by atoms with Crippen LogP contribution in [0.3, 0.4) is 0 Å². The number of fused-ring (bicyclic) bond motifs is 1. The maximum absolute atomic E-state index is 10.6. The maximum atomic E-state index is 10.6. The van der Waals surface area contributed by atoms with Gasteiger partial charge in [0, 0.05) is 28.8 Å². The molecule has 0 aliphatic heterocycles. The van der Waals surface area contributed by atoms with Gasteiger partial charge in [-0.05, 0) is 18.6 Å². The highest BCUT2D eigenvalue weighted by molar-refractivity contribution is 7.21. The topological polar surface area (TPSA) is 52.8 Å². The summed E-state index contributed by atoms with van der Waals surface area (Å²) in [6.45, 7) is 0.651. The average molecular weight is 311 g/mol. The third kappa shape index (κ3) is 2.89. The molecule has 1 heterocycles. The summed E-state index contributed by atoms with van der Waals surface area (Å²) in [6, 6.07) is 17.7. The van der Waals surface area contributed by atoms with Crippen LogP contribution in [-0.2, 0) is 0 Å². The highest BCUT2D eigenvalue weighted by Crippen LogP contribution is 2.38. The molecule has 0 saturated heterocycles. The fourth-order valence-electron chi connectivity index (χ4n) is 2.34. The monoisotopic (exact) mass is 311 g/mol. The van der Waals surface area contributed by atoms with Crippen molar-refractivity contribution in [3.8, 4) is 5.75 Å². The summed E-state index contributed by atoms with van der Waals surface area (Å²) < 4.78 is 1.04. The molecule has 0 spiro atoms. The first kappa shape index (κ1) is 14.8. The molecule has 0 aliphatic carbocycles. The summed E-state index contributed by atoms with van der Waals surface area (Å²) in [5, 5.41) is 20.4. The van der Waals surface area contributed by atoms with Crippen LogP contribution in [0.5, 0.6) is 5.75 Å². The fourth-order valence-corrected chi connectivity index (χ4v) is 3.47. The van der Waals surface area contributed by atoms with Crippen molar-refractivity contribution in [1.82, 2.24) is 0 Å². The Morgan fingerprint density at radius 3 is 2.45 bits per heavy atom. The van der Waals surface area contributed by atoms with Crippen molar-refractivity contribution in [2.75, 3.05) is 13.2 Å². The van der Waals surface area contributed by atoms with Gasteiger partial charge < -0.3 is 10.2 Å². The molecule has 0 unspecified atom stereocenters. The van der Waals surface area contributed by atoms with E-state index < -0.39 is 0 Å². The Kier molecular flexibility index (Phi) is 4.51. The highest BCUT2D eigenvalue weighted by atomic mass is 32.1. The van der Waals surface area contributed by atoms with Crippen molar-refractivity contribution in [3.05, 3.63) is 65.0 Å². The third-order valence-electron chi connectivity index (χ3n) is 3.42. The summed E-state index contributed by atoms with van der Waals surface area (Å²) in [6.07, 6.45) is 0.613. The molecule has 2 N–H and O–H groups in total. The van der Waals surface area contributed by atoms with Crippen LogP contribution in [0.15, 0.2) is 59.6 Å². The molecule has 112 valence electrons. The molecule has 0 saturated carbocycles. The van der Waals surface area contributed by atoms with Crippen LogP contribution in [0.4, 0.5) is 0 Å². The molecular weight excluding hydrogens is 294 g/mol. The Hall–Kier alpha value is -2.17. The average Bonchev–Trinajstić information content (AvgIpc) is 2.90. The van der Waals surface area contributed by atoms with Crippen LogP contribution in [0.25, 0.3) is 10.1 Å². The quantitative estimate of drug-likeness (QED) is 0.556. The van der Waals surface area contributed by atoms with Crippen LogP contribution in [0.2, 0.25) is 0 Å². The van der Waals surface area contributed by atoms with E-state index in [1.54, 1.807) is 11.3 Å². The molecule has 22 heavy (non-hydrogen) atoms. The summed E-state index contributed by atoms with van der Waals surface area (Å²) in [7, 11) is 0. The van der Waals surface area contributed by atoms with Gasteiger partial charge in [-0.25, -0.2) is 0 Å². The van der Waals surface area contributed by atoms with Gasteiger partial charge in [-0.15, -0.1) is 11.3 Å². The number of aromatic hydroxyl groups is 1. The minimum absolute atomic E-state index is 0.115. The second-order valence-electron chi connectivity index (χ2n) is 4.95. The number of rotatable bonds is 5. The van der Waals surface area contributed by atoms with E-state index in [1.807, 2.05) is 54.6 Å². The lowest BCUT2D eigenvalue weighted by Gasteiger charge is -2.06. The van der Waals surface area contributed by atoms with Crippen molar-refractivity contribution >= 4 is 27.1 Å². The van der Waals surface area contributed by atoms with E-state index in [0.29, 0.717) is 13.0 Å². The van der Waals surface area contributed by atoms with Crippen LogP contribution in [0, 0.1) is 0 Å². The third-order valence-corrected chi connectivity index (χ3v) is 4.58. The van der Waals surface area contributed by atoms with Crippen molar-refractivity contribution in [2.24, 2.45) is 4.99 Å². The lowest BCUT2D eigenvalue weighted by Crippen LogP contribution is -2.03. The van der Waals surface area contributed by atoms with Gasteiger partial charge in [-0.3, -0.25) is 4.99 Å². The second-order valence-corrected chi connectivity index (χ2v) is 6.00. The predicted molar refractivity (Wildman–Crippen MR) is 92.1 cm³/mol. The van der Waals surface area contributed by atoms with Crippen LogP contribution >= 0.6 is 11.3 Å². The van der Waals surface area contributed by atoms with E-state index in [4.69, 9.17) is 5.11 Å². The number of thiophene rings is 1. The van der Waals surface area contributed by atoms with Gasteiger partial charge >= 0.3 is 0 Å². The SMILES string of the molecule is OCCCN=C(c1ccccc1)c1sc2ccccc2c1O. The Labute approximate surface area is 133 Å². The zero-order valence-corrected chi connectivity index (χ0v) is 12.9. The molecule has 0 amide bonds. The van der Waals surface area contributed by atoms with Gasteiger partial charge in [0.25, 0.3) is 0 Å². The molecule has 3 aromatic rings. The summed E-state index contributed by atoms with van der Waals surface area (Å²) in [5.41, 5.74) is 1.76. The number of hydrogen-bond donors (Lipinski definition) is 2. The van der Waals surface area contributed by atoms with Crippen molar-refractivity contribution in [2.45, 2.75) is 6.42 Å². The molecule has 0 radical (unpaired) electrons. The minimum atomic E-state index is 0.115. The molecular formula is C18H17NO2S. The van der Waals surface area contributed by atoms with Gasteiger partial charge in [-0.2, -0.15) is 0 Å². The number of aliphatic imine (C=N–C) groups is 1. The Morgan fingerprint density at radius 1 is 1.00 bits per heavy atom. The first-order chi connectivity index (χ1) is 10.8. The number of aliphatic hydroxyl groups excluding tert-OH is 1. The van der Waals surface area contributed by atoms with Gasteiger partial charge in [0.1, 0.15) is 5.75 Å². The first-order valence-electron chi connectivity index (χ1n) is 7.23. The largest absolute Gasteiger partial charge is 0.506 e. The van der Waals surface area contributed by atoms with E-state index in [1.165, 1.54) is 0 Å². The fraction of sp³-hybridized carbons (Fsp3) is 0.167. The van der Waals surface area contributed by atoms with Crippen molar-refractivity contribution < 1.29 is 10.2 Å². The number of nitrogens with zero attached hydrogens (tertiary/aromatic N) is 1. The molecule has 3 rings (SSSR count). The summed E-state index contributed by atoms with van der Waals surface area (Å²) in [5.74, 6) is 0.284. The Bertz CT molecular complexity index is 793. The van der Waals surface area contributed by atoms with Crippen molar-refractivity contribution in [3.63, 3.8) is 0 Å². The molecule has 2 aromatic carbocycles. The summed E-state index contributed by atoms with van der Waals surface area (Å²) in [4.78, 5) is 5.40. The standard InChI is InChI=1S/C18H17NO2S/c20-12-6-11-19-16(13-7-2-1-3-8-13)18-17(21)14-9-4-5-10-15(14)22-18/h1-5,7-10,20-21H,6,11-12H2. The smallest absolute Gasteiger partial charge is 0.143 e. The van der Waals surface area contributed by atoms with E-state index in [2.05, 4.69) is 4.99 Å². The van der Waals surface area contributed by atoms with Gasteiger partial charge in [0.05, 0.1) is 10.6 Å². The van der Waals surface area contributed by atoms with Gasteiger partial charge in [-0.1, -0.05) is 42.5 Å². The zero-order chi connectivity index (χ0) is 15.4. The zero-order valence-electron chi connectivity index (χ0n) is 12.1. The Morgan fingerprint density at radius 2 is 1.73 bits per heavy atom. The van der Waals surface area contributed by atoms with Crippen LogP contribution in [-0.4, -0.2) is 29.1 Å². The second kappa shape index (κ2) is 6.73. The molecule has 1 aromatic heterocycles. The molecule has 0 aliphatic rings. The van der Waals surface area contributed by atoms with Crippen molar-refractivity contribution in [1.29, 1.82) is 0 Å². The van der Waals surface area contributed by atoms with E-state index in [0.717, 1.165) is 26.2 Å². The lowest BCUT2D eigenvalue weighted by atomic mass is 10.1. The van der Waals surface area contributed by atoms with Crippen LogP contribution < -0.4 is 0 Å². The number of aliphatic hydroxyl groups is 1. The molecule has 0 atom stereocenters. The minimum Gasteiger partial charge on any atom is -0.506 e. The molecule has 0 fully saturated rings. The molecule has 0 bridgehead atoms. The van der Waals surface area contributed by atoms with E-state index in [-0.39, 0.29) is 12.4 Å². The normalized spacial score (nSPS) is 12.0. The van der Waals surface area contributed by atoms with Gasteiger partial charge in [0.2, 0.25) is 0 Å². The molecule has 4 heteroatoms. The lowest BCUT2D eigenvalue weighted by molar-refractivity contribution is 0.291. The van der Waals surface area contributed by atoms with E-state index in [9.17, 15) is 5.11 Å². The maximum Gasteiger partial charge on any atom is 0.143 e. The number of benzene rings is 2. The summed E-state index contributed by atoms with van der Waals surface area (Å²) >= 11 is 1.54. The van der Waals surface area contributed by atoms with Gasteiger partial charge in [0.15, 0.2) is 0 Å². The highest BCUT2D eigenvalue weighted by Gasteiger charge is 2.17. The van der Waals surface area contributed by atoms with E-state index >= 15 is 0 Å². The molecule has 3 nitrogen and oxygen atoms in total. The Balaban J connectivity index is 2.11. The first-order valence-corrected chi connectivity index (χ1v) is 8.04. The number of hydrogen-bond acceptors (Lipinski definition) is 4.